The first-order valence-corrected chi connectivity index (χ1v) is 7.22. The van der Waals surface area contributed by atoms with E-state index in [0.717, 1.165) is 4.90 Å². The van der Waals surface area contributed by atoms with E-state index in [0.29, 0.717) is 6.42 Å². The minimum Gasteiger partial charge on any atom is -0.468 e. The second-order valence-corrected chi connectivity index (χ2v) is 5.53. The quantitative estimate of drug-likeness (QED) is 0.797. The standard InChI is InChI=1S/C15H15NO4S/c1-18-14(17)13-10(9-16)8-12(20-15(13)19-2)21-11-6-4-3-5-7-11/h3-7,10,12H,8H2,1-2H3. The van der Waals surface area contributed by atoms with E-state index in [4.69, 9.17) is 14.2 Å². The third-order valence-corrected chi connectivity index (χ3v) is 4.09. The first kappa shape index (κ1) is 15.3. The molecule has 0 spiro atoms. The van der Waals surface area contributed by atoms with Gasteiger partial charge < -0.3 is 14.2 Å². The van der Waals surface area contributed by atoms with Gasteiger partial charge in [-0.15, -0.1) is 0 Å². The van der Waals surface area contributed by atoms with E-state index in [1.807, 2.05) is 30.3 Å². The molecular formula is C15H15NO4S. The predicted molar refractivity (Wildman–Crippen MR) is 76.9 cm³/mol. The maximum atomic E-state index is 11.8. The van der Waals surface area contributed by atoms with Crippen molar-refractivity contribution in [2.24, 2.45) is 5.92 Å². The van der Waals surface area contributed by atoms with Gasteiger partial charge in [0.2, 0.25) is 0 Å². The number of benzene rings is 1. The Morgan fingerprint density at radius 1 is 1.38 bits per heavy atom. The van der Waals surface area contributed by atoms with Crippen molar-refractivity contribution in [3.63, 3.8) is 0 Å². The van der Waals surface area contributed by atoms with Gasteiger partial charge in [-0.05, 0) is 12.1 Å². The lowest BCUT2D eigenvalue weighted by atomic mass is 9.96. The number of hydrogen-bond donors (Lipinski definition) is 0. The second-order valence-electron chi connectivity index (χ2n) is 4.29. The highest BCUT2D eigenvalue weighted by Gasteiger charge is 2.37. The van der Waals surface area contributed by atoms with E-state index in [2.05, 4.69) is 6.07 Å². The number of ether oxygens (including phenoxy) is 3. The van der Waals surface area contributed by atoms with Crippen LogP contribution >= 0.6 is 11.8 Å². The molecule has 5 nitrogen and oxygen atoms in total. The molecule has 6 heteroatoms. The molecule has 0 aromatic heterocycles. The smallest absolute Gasteiger partial charge is 0.342 e. The number of carbonyl (C=O) groups is 1. The zero-order valence-corrected chi connectivity index (χ0v) is 12.6. The maximum Gasteiger partial charge on any atom is 0.342 e. The molecule has 110 valence electrons. The van der Waals surface area contributed by atoms with Gasteiger partial charge in [0.25, 0.3) is 5.95 Å². The molecule has 1 aliphatic rings. The molecule has 0 saturated heterocycles. The van der Waals surface area contributed by atoms with Crippen molar-refractivity contribution in [3.05, 3.63) is 41.9 Å². The largest absolute Gasteiger partial charge is 0.468 e. The van der Waals surface area contributed by atoms with Crippen molar-refractivity contribution >= 4 is 17.7 Å². The topological polar surface area (TPSA) is 68.6 Å². The van der Waals surface area contributed by atoms with Crippen LogP contribution in [0.4, 0.5) is 0 Å². The van der Waals surface area contributed by atoms with Gasteiger partial charge in [-0.25, -0.2) is 4.79 Å². The number of thioether (sulfide) groups is 1. The van der Waals surface area contributed by atoms with Crippen molar-refractivity contribution < 1.29 is 19.0 Å². The van der Waals surface area contributed by atoms with Crippen LogP contribution in [0, 0.1) is 17.2 Å². The van der Waals surface area contributed by atoms with Gasteiger partial charge in [0.1, 0.15) is 5.57 Å². The Balaban J connectivity index is 2.22. The Kier molecular flexibility index (Phi) is 5.12. The van der Waals surface area contributed by atoms with Gasteiger partial charge in [0.15, 0.2) is 5.44 Å². The minimum atomic E-state index is -0.609. The summed E-state index contributed by atoms with van der Waals surface area (Å²) in [6.45, 7) is 0. The Morgan fingerprint density at radius 2 is 2.10 bits per heavy atom. The van der Waals surface area contributed by atoms with Crippen LogP contribution in [0.1, 0.15) is 6.42 Å². The molecule has 1 aliphatic heterocycles. The fraction of sp³-hybridized carbons (Fsp3) is 0.333. The van der Waals surface area contributed by atoms with Crippen molar-refractivity contribution in [1.29, 1.82) is 5.26 Å². The monoisotopic (exact) mass is 305 g/mol. The molecule has 0 N–H and O–H groups in total. The Bertz CT molecular complexity index is 579. The third-order valence-electron chi connectivity index (χ3n) is 2.99. The molecule has 1 aromatic carbocycles. The van der Waals surface area contributed by atoms with E-state index in [9.17, 15) is 10.1 Å². The molecule has 2 unspecified atom stereocenters. The maximum absolute atomic E-state index is 11.8. The fourth-order valence-corrected chi connectivity index (χ4v) is 3.06. The lowest BCUT2D eigenvalue weighted by Gasteiger charge is -2.28. The van der Waals surface area contributed by atoms with E-state index in [-0.39, 0.29) is 17.0 Å². The van der Waals surface area contributed by atoms with Gasteiger partial charge in [0, 0.05) is 11.3 Å². The summed E-state index contributed by atoms with van der Waals surface area (Å²) in [6.07, 6.45) is 0.396. The van der Waals surface area contributed by atoms with Gasteiger partial charge in [0.05, 0.1) is 26.2 Å². The van der Waals surface area contributed by atoms with Crippen molar-refractivity contribution in [1.82, 2.24) is 0 Å². The summed E-state index contributed by atoms with van der Waals surface area (Å²) in [5.41, 5.74) is -0.146. The van der Waals surface area contributed by atoms with Gasteiger partial charge in [-0.2, -0.15) is 5.26 Å². The minimum absolute atomic E-state index is 0.0630. The van der Waals surface area contributed by atoms with Crippen molar-refractivity contribution in [2.45, 2.75) is 16.8 Å². The summed E-state index contributed by atoms with van der Waals surface area (Å²) < 4.78 is 15.5. The Hall–Kier alpha value is -2.13. The first-order valence-electron chi connectivity index (χ1n) is 6.34. The molecule has 0 fully saturated rings. The summed E-state index contributed by atoms with van der Waals surface area (Å²) in [5.74, 6) is -1.14. The summed E-state index contributed by atoms with van der Waals surface area (Å²) in [6, 6.07) is 11.8. The molecule has 21 heavy (non-hydrogen) atoms. The molecule has 0 amide bonds. The number of hydrogen-bond acceptors (Lipinski definition) is 6. The molecule has 2 atom stereocenters. The normalized spacial score (nSPS) is 21.2. The average molecular weight is 305 g/mol. The number of nitriles is 1. The molecule has 0 saturated carbocycles. The summed E-state index contributed by atoms with van der Waals surface area (Å²) in [5, 5.41) is 9.29. The molecule has 1 aromatic rings. The summed E-state index contributed by atoms with van der Waals surface area (Å²) in [4.78, 5) is 12.8. The lowest BCUT2D eigenvalue weighted by Crippen LogP contribution is -2.28. The lowest BCUT2D eigenvalue weighted by molar-refractivity contribution is -0.138. The number of nitrogens with zero attached hydrogens (tertiary/aromatic N) is 1. The van der Waals surface area contributed by atoms with Crippen LogP contribution in [0.15, 0.2) is 46.7 Å². The van der Waals surface area contributed by atoms with Crippen LogP contribution < -0.4 is 0 Å². The average Bonchev–Trinajstić information content (AvgIpc) is 2.54. The number of esters is 1. The molecule has 2 rings (SSSR count). The summed E-state index contributed by atoms with van der Waals surface area (Å²) in [7, 11) is 2.67. The zero-order valence-electron chi connectivity index (χ0n) is 11.7. The van der Waals surface area contributed by atoms with E-state index in [1.54, 1.807) is 0 Å². The molecule has 0 bridgehead atoms. The van der Waals surface area contributed by atoms with Gasteiger partial charge in [-0.3, -0.25) is 0 Å². The van der Waals surface area contributed by atoms with Crippen LogP contribution in [-0.2, 0) is 19.0 Å². The summed E-state index contributed by atoms with van der Waals surface area (Å²) >= 11 is 1.48. The molecule has 0 radical (unpaired) electrons. The number of methoxy groups -OCH3 is 2. The molecule has 0 aliphatic carbocycles. The van der Waals surface area contributed by atoms with Crippen LogP contribution in [0.25, 0.3) is 0 Å². The molecule has 1 heterocycles. The highest BCUT2D eigenvalue weighted by atomic mass is 32.2. The van der Waals surface area contributed by atoms with Crippen LogP contribution in [-0.4, -0.2) is 25.6 Å². The highest BCUT2D eigenvalue weighted by molar-refractivity contribution is 7.99. The second kappa shape index (κ2) is 7.04. The van der Waals surface area contributed by atoms with E-state index < -0.39 is 11.9 Å². The van der Waals surface area contributed by atoms with Gasteiger partial charge >= 0.3 is 5.97 Å². The van der Waals surface area contributed by atoms with Crippen LogP contribution in [0.5, 0.6) is 0 Å². The molecular weight excluding hydrogens is 290 g/mol. The third kappa shape index (κ3) is 3.50. The van der Waals surface area contributed by atoms with Crippen LogP contribution in [0.2, 0.25) is 0 Å². The van der Waals surface area contributed by atoms with E-state index in [1.165, 1.54) is 26.0 Å². The Morgan fingerprint density at radius 3 is 2.67 bits per heavy atom. The predicted octanol–water partition coefficient (Wildman–Crippen LogP) is 2.70. The van der Waals surface area contributed by atoms with Crippen molar-refractivity contribution in [3.8, 4) is 6.07 Å². The number of carbonyl (C=O) groups excluding carboxylic acids is 1. The SMILES string of the molecule is COC(=O)C1=C(OC)OC(Sc2ccccc2)CC1C#N. The van der Waals surface area contributed by atoms with Gasteiger partial charge in [-0.1, -0.05) is 30.0 Å². The van der Waals surface area contributed by atoms with E-state index >= 15 is 0 Å². The zero-order chi connectivity index (χ0) is 15.2. The number of rotatable bonds is 4. The highest BCUT2D eigenvalue weighted by Crippen LogP contribution is 2.37. The first-order chi connectivity index (χ1) is 10.2. The van der Waals surface area contributed by atoms with Crippen molar-refractivity contribution in [2.75, 3.05) is 14.2 Å². The fourth-order valence-electron chi connectivity index (χ4n) is 2.02. The van der Waals surface area contributed by atoms with Crippen LogP contribution in [0.3, 0.4) is 0 Å². The Labute approximate surface area is 127 Å².